The molecule has 5 rings (SSSR count). The second-order valence-electron chi connectivity index (χ2n) is 10.0. The Morgan fingerprint density at radius 2 is 1.62 bits per heavy atom. The predicted octanol–water partition coefficient (Wildman–Crippen LogP) is 6.43. The summed E-state index contributed by atoms with van der Waals surface area (Å²) >= 11 is 0. The van der Waals surface area contributed by atoms with Crippen LogP contribution in [0.2, 0.25) is 0 Å². The number of oxazole rings is 1. The maximum atomic E-state index is 12.2. The van der Waals surface area contributed by atoms with Crippen LogP contribution >= 0.6 is 0 Å². The first-order valence-corrected chi connectivity index (χ1v) is 12.9. The number of aryl methyl sites for hydroxylation is 1. The highest BCUT2D eigenvalue weighted by molar-refractivity contribution is 5.85. The number of rotatable bonds is 10. The van der Waals surface area contributed by atoms with Crippen molar-refractivity contribution in [3.8, 4) is 5.75 Å². The number of esters is 1. The van der Waals surface area contributed by atoms with Gasteiger partial charge in [-0.15, -0.1) is 0 Å². The average molecular weight is 460 g/mol. The van der Waals surface area contributed by atoms with Gasteiger partial charge in [-0.05, 0) is 48.9 Å². The highest BCUT2D eigenvalue weighted by Crippen LogP contribution is 2.37. The van der Waals surface area contributed by atoms with Crippen molar-refractivity contribution in [2.24, 2.45) is 11.8 Å². The number of carbonyl (C=O) groups is 1. The number of unbranched alkanes of at least 4 members (excludes halogenated alkanes) is 3. The monoisotopic (exact) mass is 459 g/mol. The van der Waals surface area contributed by atoms with Crippen molar-refractivity contribution in [3.05, 3.63) is 64.6 Å². The first-order valence-electron chi connectivity index (χ1n) is 12.9. The summed E-state index contributed by atoms with van der Waals surface area (Å²) in [5, 5.41) is 0. The van der Waals surface area contributed by atoms with E-state index in [2.05, 4.69) is 12.1 Å². The van der Waals surface area contributed by atoms with Gasteiger partial charge in [0.2, 0.25) is 0 Å². The molecule has 1 fully saturated rings. The van der Waals surface area contributed by atoms with E-state index >= 15 is 0 Å². The molecule has 0 amide bonds. The normalized spacial score (nSPS) is 21.9. The van der Waals surface area contributed by atoms with Crippen LogP contribution in [0.5, 0.6) is 5.75 Å². The predicted molar refractivity (Wildman–Crippen MR) is 131 cm³/mol. The van der Waals surface area contributed by atoms with Crippen LogP contribution in [-0.4, -0.2) is 10.5 Å². The van der Waals surface area contributed by atoms with E-state index in [4.69, 9.17) is 9.15 Å². The molecule has 1 aromatic heterocycles. The second kappa shape index (κ2) is 10.5. The number of para-hydroxylation sites is 2. The Morgan fingerprint density at radius 1 is 0.882 bits per heavy atom. The number of hydrogen-bond acceptors (Lipinski definition) is 4. The molecule has 1 aliphatic heterocycles. The first kappa shape index (κ1) is 22.8. The molecule has 0 spiro atoms. The topological polar surface area (TPSA) is 61.4 Å². The zero-order valence-electron chi connectivity index (χ0n) is 19.8. The van der Waals surface area contributed by atoms with Crippen LogP contribution in [0.15, 0.2) is 45.6 Å². The Hall–Kier alpha value is -3.00. The number of carbonyl (C=O) groups excluding carboxylic acids is 1. The smallest absolute Gasteiger partial charge is 0.419 e. The number of benzene rings is 1. The van der Waals surface area contributed by atoms with Gasteiger partial charge in [0.1, 0.15) is 5.75 Å². The molecule has 2 aliphatic rings. The molecule has 5 heteroatoms. The van der Waals surface area contributed by atoms with Crippen LogP contribution in [0, 0.1) is 24.0 Å². The molecule has 2 heterocycles. The van der Waals surface area contributed by atoms with Crippen LogP contribution in [0.3, 0.4) is 0 Å². The zero-order valence-corrected chi connectivity index (χ0v) is 19.8. The molecule has 3 aromatic rings. The molecule has 1 unspecified atom stereocenters. The maximum absolute atomic E-state index is 12.2. The lowest BCUT2D eigenvalue weighted by Gasteiger charge is -2.28. The van der Waals surface area contributed by atoms with Crippen molar-refractivity contribution >= 4 is 17.1 Å². The Morgan fingerprint density at radius 3 is 2.44 bits per heavy atom. The standard InChI is InChI=1S/C29H33NO4/c31-28-24(23-10-5-7-13-26(23)33-28)11-4-2-1-3-9-21-15-17-22(18-16-21)19-20-30-25-12-6-8-14-27(25)34-29(30)32/h6-8,12-14,21-22,24H,1-4,9,11,15-20H2. The maximum Gasteiger partial charge on any atom is 0.419 e. The Labute approximate surface area is 201 Å². The van der Waals surface area contributed by atoms with Crippen molar-refractivity contribution in [1.82, 2.24) is 4.57 Å². The molecular formula is C29H33NO4. The van der Waals surface area contributed by atoms with E-state index in [9.17, 15) is 9.59 Å². The van der Waals surface area contributed by atoms with Gasteiger partial charge in [-0.2, -0.15) is 0 Å². The summed E-state index contributed by atoms with van der Waals surface area (Å²) in [6.45, 7) is 0.750. The molecule has 178 valence electrons. The Kier molecular flexibility index (Phi) is 7.04. The van der Waals surface area contributed by atoms with Gasteiger partial charge in [0.25, 0.3) is 0 Å². The minimum Gasteiger partial charge on any atom is -0.425 e. The van der Waals surface area contributed by atoms with Crippen LogP contribution in [0.25, 0.3) is 11.1 Å². The highest BCUT2D eigenvalue weighted by Gasteiger charge is 2.32. The van der Waals surface area contributed by atoms with Gasteiger partial charge >= 0.3 is 11.7 Å². The Balaban J connectivity index is 0.964. The second-order valence-corrected chi connectivity index (χ2v) is 10.0. The molecule has 1 aliphatic carbocycles. The summed E-state index contributed by atoms with van der Waals surface area (Å²) in [5.74, 6) is 1.69. The fourth-order valence-corrected chi connectivity index (χ4v) is 5.78. The van der Waals surface area contributed by atoms with Gasteiger partial charge in [-0.25, -0.2) is 4.79 Å². The van der Waals surface area contributed by atoms with Gasteiger partial charge in [0.05, 0.1) is 17.0 Å². The molecule has 0 N–H and O–H groups in total. The molecular weight excluding hydrogens is 426 g/mol. The zero-order chi connectivity index (χ0) is 23.3. The summed E-state index contributed by atoms with van der Waals surface area (Å²) in [4.78, 5) is 24.3. The molecule has 5 nitrogen and oxygen atoms in total. The molecule has 2 aromatic carbocycles. The number of hydrogen-bond donors (Lipinski definition) is 0. The number of aromatic nitrogens is 1. The lowest BCUT2D eigenvalue weighted by atomic mass is 9.78. The minimum absolute atomic E-state index is 0.131. The minimum atomic E-state index is -0.236. The summed E-state index contributed by atoms with van der Waals surface area (Å²) < 4.78 is 12.5. The fourth-order valence-electron chi connectivity index (χ4n) is 5.78. The van der Waals surface area contributed by atoms with Gasteiger partial charge in [-0.1, -0.05) is 82.1 Å². The third kappa shape index (κ3) is 5.06. The summed E-state index contributed by atoms with van der Waals surface area (Å²) in [6, 6.07) is 17.2. The van der Waals surface area contributed by atoms with E-state index in [0.717, 1.165) is 42.8 Å². The van der Waals surface area contributed by atoms with Crippen LogP contribution in [-0.2, 0) is 11.3 Å². The average Bonchev–Trinajstić information content (AvgIpc) is 3.35. The SMILES string of the molecule is O=C1Oc2ccc#cc2C1CCCCCCC1CCC(CCn2c(=O)oc3ccccc32)CC1. The third-order valence-corrected chi connectivity index (χ3v) is 7.79. The van der Waals surface area contributed by atoms with E-state index in [0.29, 0.717) is 17.3 Å². The van der Waals surface area contributed by atoms with E-state index < -0.39 is 0 Å². The van der Waals surface area contributed by atoms with E-state index in [1.807, 2.05) is 24.3 Å². The van der Waals surface area contributed by atoms with Gasteiger partial charge in [0.15, 0.2) is 5.58 Å². The number of ether oxygens (including phenoxy) is 1. The summed E-state index contributed by atoms with van der Waals surface area (Å²) in [7, 11) is 0. The van der Waals surface area contributed by atoms with Crippen LogP contribution in [0.1, 0.15) is 82.1 Å². The molecule has 1 saturated carbocycles. The number of nitrogens with zero attached hydrogens (tertiary/aromatic N) is 1. The number of fused-ring (bicyclic) bond motifs is 2. The lowest BCUT2D eigenvalue weighted by molar-refractivity contribution is -0.134. The lowest BCUT2D eigenvalue weighted by Crippen LogP contribution is -2.19. The van der Waals surface area contributed by atoms with Crippen molar-refractivity contribution in [2.75, 3.05) is 0 Å². The largest absolute Gasteiger partial charge is 0.425 e. The van der Waals surface area contributed by atoms with Crippen molar-refractivity contribution in [2.45, 2.75) is 83.1 Å². The summed E-state index contributed by atoms with van der Waals surface area (Å²) in [6.07, 6.45) is 13.1. The van der Waals surface area contributed by atoms with E-state index in [-0.39, 0.29) is 17.6 Å². The molecule has 0 radical (unpaired) electrons. The van der Waals surface area contributed by atoms with Crippen molar-refractivity contribution in [1.29, 1.82) is 0 Å². The molecule has 0 saturated heterocycles. The molecule has 1 atom stereocenters. The van der Waals surface area contributed by atoms with Crippen LogP contribution in [0.4, 0.5) is 0 Å². The van der Waals surface area contributed by atoms with Gasteiger partial charge < -0.3 is 9.15 Å². The van der Waals surface area contributed by atoms with Crippen molar-refractivity contribution < 1.29 is 13.9 Å². The highest BCUT2D eigenvalue weighted by atomic mass is 16.5. The quantitative estimate of drug-likeness (QED) is 0.259. The molecule has 0 bridgehead atoms. The van der Waals surface area contributed by atoms with Gasteiger partial charge in [0, 0.05) is 6.54 Å². The first-order chi connectivity index (χ1) is 16.7. The third-order valence-electron chi connectivity index (χ3n) is 7.79. The summed E-state index contributed by atoms with van der Waals surface area (Å²) in [5.41, 5.74) is 2.47. The molecule has 34 heavy (non-hydrogen) atoms. The van der Waals surface area contributed by atoms with Gasteiger partial charge in [-0.3, -0.25) is 9.36 Å². The van der Waals surface area contributed by atoms with E-state index in [1.165, 1.54) is 51.4 Å². The van der Waals surface area contributed by atoms with E-state index in [1.54, 1.807) is 16.7 Å². The van der Waals surface area contributed by atoms with Crippen LogP contribution < -0.4 is 10.5 Å². The van der Waals surface area contributed by atoms with Crippen molar-refractivity contribution in [3.63, 3.8) is 0 Å². The Bertz CT molecular complexity index is 1170. The fraction of sp³-hybridized carbons (Fsp3) is 0.517.